The number of fused-ring (bicyclic) bond motifs is 1. The lowest BCUT2D eigenvalue weighted by molar-refractivity contribution is 0.0660. The Hall–Kier alpha value is -2.56. The minimum Gasteiger partial charge on any atom is -0.467 e. The molecule has 3 aromatic heterocycles. The van der Waals surface area contributed by atoms with E-state index in [4.69, 9.17) is 4.42 Å². The normalized spacial score (nSPS) is 19.0. The lowest BCUT2D eigenvalue weighted by atomic mass is 10.1. The number of carbonyl (C=O) groups excluding carboxylic acids is 1. The molecule has 1 aliphatic rings. The van der Waals surface area contributed by atoms with E-state index in [0.29, 0.717) is 5.56 Å². The number of nitrogens with zero attached hydrogens (tertiary/aromatic N) is 3. The van der Waals surface area contributed by atoms with Crippen LogP contribution >= 0.6 is 0 Å². The van der Waals surface area contributed by atoms with Gasteiger partial charge in [-0.05, 0) is 37.1 Å². The molecule has 0 aromatic carbocycles. The second kappa shape index (κ2) is 5.91. The molecule has 1 amide bonds. The molecule has 118 valence electrons. The third kappa shape index (κ3) is 2.52. The number of aromatic nitrogens is 2. The van der Waals surface area contributed by atoms with E-state index in [2.05, 4.69) is 5.10 Å². The topological polar surface area (TPSA) is 50.8 Å². The summed E-state index contributed by atoms with van der Waals surface area (Å²) in [5.74, 6) is 0.909. The van der Waals surface area contributed by atoms with Crippen LogP contribution in [0, 0.1) is 0 Å². The Kier molecular flexibility index (Phi) is 3.61. The van der Waals surface area contributed by atoms with Gasteiger partial charge < -0.3 is 9.32 Å². The zero-order chi connectivity index (χ0) is 15.6. The van der Waals surface area contributed by atoms with Crippen LogP contribution in [0.2, 0.25) is 0 Å². The predicted molar refractivity (Wildman–Crippen MR) is 86.1 cm³/mol. The van der Waals surface area contributed by atoms with E-state index in [-0.39, 0.29) is 11.9 Å². The van der Waals surface area contributed by atoms with Gasteiger partial charge in [0.15, 0.2) is 0 Å². The number of amides is 1. The Morgan fingerprint density at radius 3 is 3.00 bits per heavy atom. The van der Waals surface area contributed by atoms with Crippen molar-refractivity contribution in [2.45, 2.75) is 31.7 Å². The maximum Gasteiger partial charge on any atom is 0.258 e. The van der Waals surface area contributed by atoms with Gasteiger partial charge in [0.2, 0.25) is 0 Å². The molecule has 5 nitrogen and oxygen atoms in total. The van der Waals surface area contributed by atoms with E-state index in [1.54, 1.807) is 17.0 Å². The van der Waals surface area contributed by atoms with Gasteiger partial charge in [-0.25, -0.2) is 4.52 Å². The SMILES string of the molecule is O=C(c1cnn2ccccc12)N1CCCCC[C@H]1c1ccco1. The largest absolute Gasteiger partial charge is 0.467 e. The van der Waals surface area contributed by atoms with Crippen LogP contribution in [0.25, 0.3) is 5.52 Å². The molecule has 23 heavy (non-hydrogen) atoms. The summed E-state index contributed by atoms with van der Waals surface area (Å²) in [6.07, 6.45) is 9.44. The molecule has 1 saturated heterocycles. The second-order valence-corrected chi connectivity index (χ2v) is 5.97. The first-order valence-electron chi connectivity index (χ1n) is 8.11. The van der Waals surface area contributed by atoms with Gasteiger partial charge in [0.25, 0.3) is 5.91 Å². The molecule has 0 spiro atoms. The zero-order valence-electron chi connectivity index (χ0n) is 12.9. The molecule has 0 bridgehead atoms. The molecule has 5 heteroatoms. The van der Waals surface area contributed by atoms with Crippen LogP contribution in [0.3, 0.4) is 0 Å². The Bertz CT molecular complexity index is 807. The van der Waals surface area contributed by atoms with E-state index < -0.39 is 0 Å². The van der Waals surface area contributed by atoms with Gasteiger partial charge in [0.1, 0.15) is 5.76 Å². The highest BCUT2D eigenvalue weighted by Crippen LogP contribution is 2.32. The van der Waals surface area contributed by atoms with Gasteiger partial charge in [0.05, 0.1) is 29.6 Å². The quantitative estimate of drug-likeness (QED) is 0.725. The molecule has 0 saturated carbocycles. The molecule has 1 fully saturated rings. The summed E-state index contributed by atoms with van der Waals surface area (Å²) in [6, 6.07) is 9.63. The highest BCUT2D eigenvalue weighted by atomic mass is 16.3. The Balaban J connectivity index is 1.72. The van der Waals surface area contributed by atoms with Gasteiger partial charge in [-0.3, -0.25) is 4.79 Å². The summed E-state index contributed by atoms with van der Waals surface area (Å²) in [6.45, 7) is 0.758. The lowest BCUT2D eigenvalue weighted by Gasteiger charge is -2.28. The molecule has 0 aliphatic carbocycles. The van der Waals surface area contributed by atoms with E-state index in [9.17, 15) is 4.79 Å². The van der Waals surface area contributed by atoms with Crippen molar-refractivity contribution in [1.82, 2.24) is 14.5 Å². The standard InChI is InChI=1S/C18H19N3O2/c22-18(14-13-19-21-11-5-3-7-15(14)21)20-10-4-1-2-8-16(20)17-9-6-12-23-17/h3,5-7,9,11-13,16H,1-2,4,8,10H2/t16-/m0/s1. The molecule has 4 rings (SSSR count). The number of carbonyl (C=O) groups is 1. The van der Waals surface area contributed by atoms with Gasteiger partial charge >= 0.3 is 0 Å². The predicted octanol–water partition coefficient (Wildman–Crippen LogP) is 3.68. The fraction of sp³-hybridized carbons (Fsp3) is 0.333. The fourth-order valence-electron chi connectivity index (χ4n) is 3.38. The molecule has 0 N–H and O–H groups in total. The van der Waals surface area contributed by atoms with Crippen LogP contribution < -0.4 is 0 Å². The third-order valence-corrected chi connectivity index (χ3v) is 4.54. The van der Waals surface area contributed by atoms with Crippen LogP contribution in [0.15, 0.2) is 53.4 Å². The summed E-state index contributed by atoms with van der Waals surface area (Å²) in [5, 5.41) is 4.29. The second-order valence-electron chi connectivity index (χ2n) is 5.97. The average Bonchev–Trinajstić information content (AvgIpc) is 3.19. The van der Waals surface area contributed by atoms with Crippen LogP contribution in [-0.2, 0) is 0 Å². The molecular formula is C18H19N3O2. The molecule has 4 heterocycles. The number of likely N-dealkylation sites (tertiary alicyclic amines) is 1. The van der Waals surface area contributed by atoms with Gasteiger partial charge in [0, 0.05) is 12.7 Å². The Morgan fingerprint density at radius 2 is 2.13 bits per heavy atom. The van der Waals surface area contributed by atoms with Crippen molar-refractivity contribution in [3.8, 4) is 0 Å². The summed E-state index contributed by atoms with van der Waals surface area (Å²) in [7, 11) is 0. The Labute approximate surface area is 134 Å². The zero-order valence-corrected chi connectivity index (χ0v) is 12.9. The van der Waals surface area contributed by atoms with Crippen molar-refractivity contribution in [2.75, 3.05) is 6.54 Å². The maximum atomic E-state index is 13.2. The van der Waals surface area contributed by atoms with Crippen LogP contribution in [0.1, 0.15) is 47.8 Å². The van der Waals surface area contributed by atoms with Crippen LogP contribution in [0.4, 0.5) is 0 Å². The lowest BCUT2D eigenvalue weighted by Crippen LogP contribution is -2.34. The van der Waals surface area contributed by atoms with Crippen LogP contribution in [-0.4, -0.2) is 27.0 Å². The number of rotatable bonds is 2. The molecule has 0 unspecified atom stereocenters. The van der Waals surface area contributed by atoms with Crippen molar-refractivity contribution >= 4 is 11.4 Å². The smallest absolute Gasteiger partial charge is 0.258 e. The maximum absolute atomic E-state index is 13.2. The van der Waals surface area contributed by atoms with Gasteiger partial charge in [-0.2, -0.15) is 5.10 Å². The summed E-state index contributed by atoms with van der Waals surface area (Å²) in [5.41, 5.74) is 1.50. The number of furan rings is 1. The first kappa shape index (κ1) is 14.1. The minimum absolute atomic E-state index is 0.0127. The monoisotopic (exact) mass is 309 g/mol. The number of hydrogen-bond acceptors (Lipinski definition) is 3. The van der Waals surface area contributed by atoms with Crippen molar-refractivity contribution in [1.29, 1.82) is 0 Å². The number of hydrogen-bond donors (Lipinski definition) is 0. The minimum atomic E-state index is 0.0127. The summed E-state index contributed by atoms with van der Waals surface area (Å²) in [4.78, 5) is 15.1. The van der Waals surface area contributed by atoms with Gasteiger partial charge in [-0.1, -0.05) is 18.9 Å². The molecule has 1 atom stereocenters. The fourth-order valence-corrected chi connectivity index (χ4v) is 3.38. The van der Waals surface area contributed by atoms with E-state index >= 15 is 0 Å². The highest BCUT2D eigenvalue weighted by Gasteiger charge is 2.30. The first-order chi connectivity index (χ1) is 11.3. The van der Waals surface area contributed by atoms with Crippen molar-refractivity contribution < 1.29 is 9.21 Å². The average molecular weight is 309 g/mol. The van der Waals surface area contributed by atoms with Gasteiger partial charge in [-0.15, -0.1) is 0 Å². The molecule has 3 aromatic rings. The molecular weight excluding hydrogens is 290 g/mol. The third-order valence-electron chi connectivity index (χ3n) is 4.54. The van der Waals surface area contributed by atoms with Crippen molar-refractivity contribution in [3.05, 3.63) is 60.3 Å². The van der Waals surface area contributed by atoms with Crippen molar-refractivity contribution in [2.24, 2.45) is 0 Å². The van der Waals surface area contributed by atoms with E-state index in [0.717, 1.165) is 43.5 Å². The van der Waals surface area contributed by atoms with E-state index in [1.165, 1.54) is 0 Å². The summed E-state index contributed by atoms with van der Waals surface area (Å²) < 4.78 is 7.34. The first-order valence-corrected chi connectivity index (χ1v) is 8.11. The van der Waals surface area contributed by atoms with Crippen molar-refractivity contribution in [3.63, 3.8) is 0 Å². The molecule has 1 aliphatic heterocycles. The molecule has 0 radical (unpaired) electrons. The number of pyridine rings is 1. The van der Waals surface area contributed by atoms with E-state index in [1.807, 2.05) is 41.4 Å². The highest BCUT2D eigenvalue weighted by molar-refractivity contribution is 6.00. The Morgan fingerprint density at radius 1 is 1.17 bits per heavy atom. The summed E-state index contributed by atoms with van der Waals surface area (Å²) >= 11 is 0. The van der Waals surface area contributed by atoms with Crippen LogP contribution in [0.5, 0.6) is 0 Å².